The summed E-state index contributed by atoms with van der Waals surface area (Å²) in [6, 6.07) is 3.45. The Bertz CT molecular complexity index is 533. The second-order valence-electron chi connectivity index (χ2n) is 3.36. The molecule has 0 saturated carbocycles. The van der Waals surface area contributed by atoms with Gasteiger partial charge in [0.05, 0.1) is 23.8 Å². The Morgan fingerprint density at radius 1 is 1.60 bits per heavy atom. The van der Waals surface area contributed by atoms with E-state index in [0.29, 0.717) is 10.6 Å². The van der Waals surface area contributed by atoms with Gasteiger partial charge in [-0.2, -0.15) is 0 Å². The minimum Gasteiger partial charge on any atom is -0.481 e. The molecule has 0 saturated heterocycles. The Labute approximate surface area is 91.1 Å². The number of hydrogen-bond donors (Lipinski definition) is 1. The molecule has 2 rings (SSSR count). The smallest absolute Gasteiger partial charge is 0.307 e. The third-order valence-corrected chi connectivity index (χ3v) is 2.59. The van der Waals surface area contributed by atoms with E-state index in [1.165, 1.54) is 0 Å². The minimum absolute atomic E-state index is 0.0780. The van der Waals surface area contributed by atoms with Crippen LogP contribution in [0.4, 0.5) is 0 Å². The van der Waals surface area contributed by atoms with E-state index in [1.54, 1.807) is 18.5 Å². The highest BCUT2D eigenvalue weighted by atomic mass is 35.5. The Kier molecular flexibility index (Phi) is 2.36. The van der Waals surface area contributed by atoms with E-state index in [1.807, 2.05) is 11.6 Å². The summed E-state index contributed by atoms with van der Waals surface area (Å²) in [5, 5.41) is 9.15. The fraction of sp³-hybridized carbons (Fsp3) is 0.200. The van der Waals surface area contributed by atoms with Crippen molar-refractivity contribution >= 4 is 28.6 Å². The number of aryl methyl sites for hydroxylation is 1. The first-order valence-electron chi connectivity index (χ1n) is 4.39. The predicted octanol–water partition coefficient (Wildman–Crippen LogP) is 1.85. The molecule has 5 heteroatoms. The molecule has 0 spiro atoms. The molecule has 0 amide bonds. The summed E-state index contributed by atoms with van der Waals surface area (Å²) in [4.78, 5) is 14.7. The number of imidazole rings is 1. The van der Waals surface area contributed by atoms with E-state index in [-0.39, 0.29) is 6.42 Å². The number of carboxylic acids is 1. The van der Waals surface area contributed by atoms with Gasteiger partial charge in [-0.05, 0) is 17.7 Å². The van der Waals surface area contributed by atoms with E-state index in [9.17, 15) is 4.79 Å². The number of fused-ring (bicyclic) bond motifs is 1. The molecule has 0 bridgehead atoms. The number of benzene rings is 1. The Balaban J connectivity index is 2.57. The molecule has 1 aromatic carbocycles. The van der Waals surface area contributed by atoms with Gasteiger partial charge in [-0.3, -0.25) is 4.79 Å². The summed E-state index contributed by atoms with van der Waals surface area (Å²) in [6.07, 6.45) is 1.59. The quantitative estimate of drug-likeness (QED) is 0.847. The van der Waals surface area contributed by atoms with Crippen molar-refractivity contribution in [3.05, 3.63) is 29.0 Å². The van der Waals surface area contributed by atoms with Crippen molar-refractivity contribution in [1.29, 1.82) is 0 Å². The first-order chi connectivity index (χ1) is 7.08. The monoisotopic (exact) mass is 224 g/mol. The van der Waals surface area contributed by atoms with Crippen LogP contribution >= 0.6 is 11.6 Å². The maximum atomic E-state index is 10.6. The Hall–Kier alpha value is -1.55. The lowest BCUT2D eigenvalue weighted by atomic mass is 10.1. The van der Waals surface area contributed by atoms with Crippen LogP contribution in [0, 0.1) is 0 Å². The third-order valence-electron chi connectivity index (χ3n) is 2.24. The molecule has 78 valence electrons. The summed E-state index contributed by atoms with van der Waals surface area (Å²) >= 11 is 5.97. The lowest BCUT2D eigenvalue weighted by Gasteiger charge is -2.02. The molecule has 0 atom stereocenters. The average molecular weight is 225 g/mol. The summed E-state index contributed by atoms with van der Waals surface area (Å²) in [6.45, 7) is 0. The van der Waals surface area contributed by atoms with Crippen molar-refractivity contribution in [2.24, 2.45) is 7.05 Å². The summed E-state index contributed by atoms with van der Waals surface area (Å²) in [5.41, 5.74) is 2.25. The number of aliphatic carboxylic acids is 1. The highest BCUT2D eigenvalue weighted by molar-refractivity contribution is 6.32. The lowest BCUT2D eigenvalue weighted by molar-refractivity contribution is -0.136. The minimum atomic E-state index is -0.896. The van der Waals surface area contributed by atoms with Crippen LogP contribution in [0.5, 0.6) is 0 Å². The molecule has 1 aromatic heterocycles. The van der Waals surface area contributed by atoms with Crippen molar-refractivity contribution < 1.29 is 9.90 Å². The van der Waals surface area contributed by atoms with Gasteiger partial charge in [-0.25, -0.2) is 4.98 Å². The standard InChI is InChI=1S/C10H9ClN2O2/c1-13-5-12-8-2-6(3-10(14)15)7(11)4-9(8)13/h2,4-5H,3H2,1H3,(H,14,15). The molecule has 0 fully saturated rings. The second-order valence-corrected chi connectivity index (χ2v) is 3.77. The van der Waals surface area contributed by atoms with E-state index >= 15 is 0 Å². The number of halogens is 1. The Morgan fingerprint density at radius 3 is 3.00 bits per heavy atom. The SMILES string of the molecule is Cn1cnc2cc(CC(=O)O)c(Cl)cc21. The van der Waals surface area contributed by atoms with Gasteiger partial charge in [-0.1, -0.05) is 11.6 Å². The molecular formula is C10H9ClN2O2. The van der Waals surface area contributed by atoms with Crippen LogP contribution in [0.2, 0.25) is 5.02 Å². The molecular weight excluding hydrogens is 216 g/mol. The highest BCUT2D eigenvalue weighted by Crippen LogP contribution is 2.23. The van der Waals surface area contributed by atoms with Crippen LogP contribution in [-0.4, -0.2) is 20.6 Å². The van der Waals surface area contributed by atoms with Crippen molar-refractivity contribution in [1.82, 2.24) is 9.55 Å². The van der Waals surface area contributed by atoms with Crippen molar-refractivity contribution in [3.63, 3.8) is 0 Å². The topological polar surface area (TPSA) is 55.1 Å². The van der Waals surface area contributed by atoms with E-state index in [4.69, 9.17) is 16.7 Å². The van der Waals surface area contributed by atoms with Crippen molar-refractivity contribution in [2.75, 3.05) is 0 Å². The van der Waals surface area contributed by atoms with Crippen LogP contribution in [0.3, 0.4) is 0 Å². The molecule has 2 aromatic rings. The first kappa shape index (κ1) is 9.98. The largest absolute Gasteiger partial charge is 0.481 e. The van der Waals surface area contributed by atoms with Crippen LogP contribution in [-0.2, 0) is 18.3 Å². The van der Waals surface area contributed by atoms with E-state index < -0.39 is 5.97 Å². The normalized spacial score (nSPS) is 10.8. The van der Waals surface area contributed by atoms with Crippen molar-refractivity contribution in [3.8, 4) is 0 Å². The van der Waals surface area contributed by atoms with Gasteiger partial charge in [0.2, 0.25) is 0 Å². The molecule has 0 aliphatic rings. The predicted molar refractivity (Wildman–Crippen MR) is 57.1 cm³/mol. The number of carboxylic acid groups (broad SMARTS) is 1. The first-order valence-corrected chi connectivity index (χ1v) is 4.77. The van der Waals surface area contributed by atoms with Gasteiger partial charge in [0, 0.05) is 12.1 Å². The van der Waals surface area contributed by atoms with E-state index in [0.717, 1.165) is 11.0 Å². The maximum absolute atomic E-state index is 10.6. The van der Waals surface area contributed by atoms with Crippen molar-refractivity contribution in [2.45, 2.75) is 6.42 Å². The number of rotatable bonds is 2. The zero-order valence-electron chi connectivity index (χ0n) is 8.07. The molecule has 0 aliphatic heterocycles. The molecule has 1 N–H and O–H groups in total. The second kappa shape index (κ2) is 3.55. The zero-order chi connectivity index (χ0) is 11.0. The molecule has 0 aliphatic carbocycles. The van der Waals surface area contributed by atoms with Gasteiger partial charge in [0.1, 0.15) is 0 Å². The molecule has 15 heavy (non-hydrogen) atoms. The van der Waals surface area contributed by atoms with Gasteiger partial charge in [0.25, 0.3) is 0 Å². The number of nitrogens with zero attached hydrogens (tertiary/aromatic N) is 2. The van der Waals surface area contributed by atoms with Crippen LogP contribution in [0.15, 0.2) is 18.5 Å². The van der Waals surface area contributed by atoms with Gasteiger partial charge in [0.15, 0.2) is 0 Å². The van der Waals surface area contributed by atoms with Crippen LogP contribution in [0.1, 0.15) is 5.56 Å². The maximum Gasteiger partial charge on any atom is 0.307 e. The molecule has 0 radical (unpaired) electrons. The molecule has 4 nitrogen and oxygen atoms in total. The summed E-state index contributed by atoms with van der Waals surface area (Å²) < 4.78 is 1.84. The van der Waals surface area contributed by atoms with Gasteiger partial charge in [-0.15, -0.1) is 0 Å². The zero-order valence-corrected chi connectivity index (χ0v) is 8.82. The van der Waals surface area contributed by atoms with Gasteiger partial charge < -0.3 is 9.67 Å². The summed E-state index contributed by atoms with van der Waals surface area (Å²) in [7, 11) is 1.86. The Morgan fingerprint density at radius 2 is 2.33 bits per heavy atom. The van der Waals surface area contributed by atoms with E-state index in [2.05, 4.69) is 4.98 Å². The molecule has 1 heterocycles. The summed E-state index contributed by atoms with van der Waals surface area (Å²) in [5.74, 6) is -0.896. The average Bonchev–Trinajstić information content (AvgIpc) is 2.48. The fourth-order valence-electron chi connectivity index (χ4n) is 1.49. The van der Waals surface area contributed by atoms with Crippen LogP contribution in [0.25, 0.3) is 11.0 Å². The number of carbonyl (C=O) groups is 1. The number of aromatic nitrogens is 2. The fourth-order valence-corrected chi connectivity index (χ4v) is 1.71. The van der Waals surface area contributed by atoms with Gasteiger partial charge >= 0.3 is 5.97 Å². The third kappa shape index (κ3) is 1.80. The van der Waals surface area contributed by atoms with Crippen LogP contribution < -0.4 is 0 Å². The highest BCUT2D eigenvalue weighted by Gasteiger charge is 2.09. The molecule has 0 unspecified atom stereocenters. The lowest BCUT2D eigenvalue weighted by Crippen LogP contribution is -2.00. The number of hydrogen-bond acceptors (Lipinski definition) is 2.